The number of halogens is 3. The standard InChI is InChI=1S/C18H16F3N3O4S/c1-26-6-5-14-23-15(28-24-14)9-27-16(25)8-13-10-29-17(22-13)11-3-2-4-12(7-11)18(19,20)21/h2-4,7,10H,5-6,8-9H2,1H3. The molecule has 0 aliphatic heterocycles. The summed E-state index contributed by atoms with van der Waals surface area (Å²) in [4.78, 5) is 20.3. The molecule has 0 aliphatic rings. The second kappa shape index (κ2) is 9.14. The van der Waals surface area contributed by atoms with E-state index in [2.05, 4.69) is 15.1 Å². The van der Waals surface area contributed by atoms with E-state index < -0.39 is 17.7 Å². The fourth-order valence-corrected chi connectivity index (χ4v) is 3.15. The Morgan fingerprint density at radius 1 is 1.28 bits per heavy atom. The summed E-state index contributed by atoms with van der Waals surface area (Å²) in [6.45, 7) is 0.264. The van der Waals surface area contributed by atoms with Crippen LogP contribution in [-0.2, 0) is 39.9 Å². The highest BCUT2D eigenvalue weighted by Crippen LogP contribution is 2.33. The molecule has 7 nitrogen and oxygen atoms in total. The van der Waals surface area contributed by atoms with Crippen molar-refractivity contribution in [2.75, 3.05) is 13.7 Å². The van der Waals surface area contributed by atoms with Gasteiger partial charge >= 0.3 is 12.1 Å². The molecule has 2 heterocycles. The van der Waals surface area contributed by atoms with E-state index in [1.54, 1.807) is 12.5 Å². The van der Waals surface area contributed by atoms with E-state index in [0.717, 1.165) is 23.5 Å². The molecule has 0 radical (unpaired) electrons. The summed E-state index contributed by atoms with van der Waals surface area (Å²) in [7, 11) is 1.56. The number of thiazole rings is 1. The molecule has 0 fully saturated rings. The monoisotopic (exact) mass is 427 g/mol. The van der Waals surface area contributed by atoms with Crippen molar-refractivity contribution >= 4 is 17.3 Å². The first-order valence-corrected chi connectivity index (χ1v) is 9.31. The van der Waals surface area contributed by atoms with Crippen molar-refractivity contribution in [3.8, 4) is 10.6 Å². The van der Waals surface area contributed by atoms with Gasteiger partial charge in [-0.15, -0.1) is 11.3 Å². The number of rotatable bonds is 8. The van der Waals surface area contributed by atoms with Gasteiger partial charge in [0.1, 0.15) is 5.01 Å². The van der Waals surface area contributed by atoms with E-state index in [9.17, 15) is 18.0 Å². The predicted octanol–water partition coefficient (Wildman–Crippen LogP) is 3.69. The maximum Gasteiger partial charge on any atom is 0.416 e. The Labute approximate surface area is 167 Å². The minimum absolute atomic E-state index is 0.125. The van der Waals surface area contributed by atoms with Crippen LogP contribution in [0, 0.1) is 0 Å². The number of benzene rings is 1. The Hall–Kier alpha value is -2.79. The average Bonchev–Trinajstić information content (AvgIpc) is 3.34. The zero-order valence-corrected chi connectivity index (χ0v) is 16.0. The van der Waals surface area contributed by atoms with Crippen molar-refractivity contribution in [3.63, 3.8) is 0 Å². The summed E-state index contributed by atoms with van der Waals surface area (Å²) < 4.78 is 53.5. The lowest BCUT2D eigenvalue weighted by molar-refractivity contribution is -0.145. The van der Waals surface area contributed by atoms with E-state index in [1.807, 2.05) is 0 Å². The van der Waals surface area contributed by atoms with Gasteiger partial charge in [0.2, 0.25) is 0 Å². The van der Waals surface area contributed by atoms with Gasteiger partial charge in [0, 0.05) is 24.5 Å². The summed E-state index contributed by atoms with van der Waals surface area (Å²) in [6.07, 6.45) is -4.08. The van der Waals surface area contributed by atoms with Crippen LogP contribution < -0.4 is 0 Å². The second-order valence-electron chi connectivity index (χ2n) is 5.91. The molecule has 2 aromatic heterocycles. The Kier molecular flexibility index (Phi) is 6.60. The van der Waals surface area contributed by atoms with Crippen LogP contribution in [0.15, 0.2) is 34.2 Å². The van der Waals surface area contributed by atoms with Crippen molar-refractivity contribution < 1.29 is 32.0 Å². The van der Waals surface area contributed by atoms with Crippen molar-refractivity contribution in [2.45, 2.75) is 25.6 Å². The molecule has 0 aliphatic carbocycles. The molecular weight excluding hydrogens is 411 g/mol. The average molecular weight is 427 g/mol. The number of esters is 1. The Morgan fingerprint density at radius 2 is 2.10 bits per heavy atom. The number of hydrogen-bond acceptors (Lipinski definition) is 8. The summed E-state index contributed by atoms with van der Waals surface area (Å²) in [5.41, 5.74) is -0.0202. The topological polar surface area (TPSA) is 87.3 Å². The maximum absolute atomic E-state index is 12.8. The minimum atomic E-state index is -4.43. The lowest BCUT2D eigenvalue weighted by atomic mass is 10.1. The van der Waals surface area contributed by atoms with Crippen molar-refractivity contribution in [1.29, 1.82) is 0 Å². The zero-order valence-electron chi connectivity index (χ0n) is 15.2. The van der Waals surface area contributed by atoms with Crippen LogP contribution in [0.2, 0.25) is 0 Å². The first-order valence-electron chi connectivity index (χ1n) is 8.43. The van der Waals surface area contributed by atoms with Gasteiger partial charge in [-0.25, -0.2) is 4.98 Å². The second-order valence-corrected chi connectivity index (χ2v) is 6.77. The highest BCUT2D eigenvalue weighted by molar-refractivity contribution is 7.13. The molecule has 0 saturated carbocycles. The van der Waals surface area contributed by atoms with Crippen LogP contribution in [0.3, 0.4) is 0 Å². The van der Waals surface area contributed by atoms with E-state index in [1.165, 1.54) is 12.1 Å². The normalized spacial score (nSPS) is 11.6. The number of nitrogens with zero attached hydrogens (tertiary/aromatic N) is 3. The minimum Gasteiger partial charge on any atom is -0.455 e. The number of methoxy groups -OCH3 is 1. The Morgan fingerprint density at radius 3 is 2.86 bits per heavy atom. The van der Waals surface area contributed by atoms with Crippen LogP contribution in [0.25, 0.3) is 10.6 Å². The summed E-state index contributed by atoms with van der Waals surface area (Å²) in [5, 5.41) is 5.72. The summed E-state index contributed by atoms with van der Waals surface area (Å²) >= 11 is 1.15. The third-order valence-corrected chi connectivity index (χ3v) is 4.65. The molecule has 0 unspecified atom stereocenters. The number of carbonyl (C=O) groups is 1. The molecule has 29 heavy (non-hydrogen) atoms. The summed E-state index contributed by atoms with van der Waals surface area (Å²) in [5.74, 6) is 0.0399. The molecule has 0 saturated heterocycles. The molecule has 0 bridgehead atoms. The molecule has 1 aromatic carbocycles. The van der Waals surface area contributed by atoms with Gasteiger partial charge in [0.15, 0.2) is 12.4 Å². The van der Waals surface area contributed by atoms with Gasteiger partial charge in [-0.05, 0) is 12.1 Å². The molecule has 3 rings (SSSR count). The van der Waals surface area contributed by atoms with Gasteiger partial charge in [0.25, 0.3) is 5.89 Å². The van der Waals surface area contributed by atoms with Crippen molar-refractivity contribution in [1.82, 2.24) is 15.1 Å². The first-order chi connectivity index (χ1) is 13.8. The van der Waals surface area contributed by atoms with E-state index in [0.29, 0.717) is 35.1 Å². The van der Waals surface area contributed by atoms with Crippen LogP contribution in [0.1, 0.15) is 23.0 Å². The molecule has 0 N–H and O–H groups in total. The number of hydrogen-bond donors (Lipinski definition) is 0. The zero-order chi connectivity index (χ0) is 20.9. The fraction of sp³-hybridized carbons (Fsp3) is 0.333. The number of aromatic nitrogens is 3. The molecule has 3 aromatic rings. The van der Waals surface area contributed by atoms with Crippen LogP contribution in [0.5, 0.6) is 0 Å². The number of ether oxygens (including phenoxy) is 2. The van der Waals surface area contributed by atoms with Crippen molar-refractivity contribution in [3.05, 3.63) is 52.6 Å². The van der Waals surface area contributed by atoms with Gasteiger partial charge < -0.3 is 14.0 Å². The Bertz CT molecular complexity index is 971. The van der Waals surface area contributed by atoms with Crippen LogP contribution in [-0.4, -0.2) is 34.8 Å². The summed E-state index contributed by atoms with van der Waals surface area (Å²) in [6, 6.07) is 4.87. The quantitative estimate of drug-likeness (QED) is 0.507. The van der Waals surface area contributed by atoms with E-state index in [-0.39, 0.29) is 18.9 Å². The molecule has 0 spiro atoms. The maximum atomic E-state index is 12.8. The Balaban J connectivity index is 1.56. The lowest BCUT2D eigenvalue weighted by Crippen LogP contribution is -2.08. The van der Waals surface area contributed by atoms with Gasteiger partial charge in [-0.3, -0.25) is 4.79 Å². The van der Waals surface area contributed by atoms with Crippen molar-refractivity contribution in [2.24, 2.45) is 0 Å². The van der Waals surface area contributed by atoms with E-state index in [4.69, 9.17) is 14.0 Å². The smallest absolute Gasteiger partial charge is 0.416 e. The highest BCUT2D eigenvalue weighted by Gasteiger charge is 2.30. The van der Waals surface area contributed by atoms with E-state index >= 15 is 0 Å². The molecular formula is C18H16F3N3O4S. The van der Waals surface area contributed by atoms with Gasteiger partial charge in [-0.2, -0.15) is 18.2 Å². The van der Waals surface area contributed by atoms with Crippen LogP contribution in [0.4, 0.5) is 13.2 Å². The molecule has 154 valence electrons. The highest BCUT2D eigenvalue weighted by atomic mass is 32.1. The third kappa shape index (κ3) is 5.84. The molecule has 0 amide bonds. The lowest BCUT2D eigenvalue weighted by Gasteiger charge is -2.07. The predicted molar refractivity (Wildman–Crippen MR) is 95.9 cm³/mol. The SMILES string of the molecule is COCCc1noc(COC(=O)Cc2csc(-c3cccc(C(F)(F)F)c3)n2)n1. The number of alkyl halides is 3. The van der Waals surface area contributed by atoms with Gasteiger partial charge in [0.05, 0.1) is 24.3 Å². The molecule has 0 atom stereocenters. The van der Waals surface area contributed by atoms with Gasteiger partial charge in [-0.1, -0.05) is 17.3 Å². The largest absolute Gasteiger partial charge is 0.455 e. The molecule has 11 heteroatoms. The first kappa shape index (κ1) is 20.9. The fourth-order valence-electron chi connectivity index (χ4n) is 2.33. The van der Waals surface area contributed by atoms with Crippen LogP contribution >= 0.6 is 11.3 Å². The number of carbonyl (C=O) groups excluding carboxylic acids is 1. The third-order valence-electron chi connectivity index (χ3n) is 3.71.